The van der Waals surface area contributed by atoms with Crippen molar-refractivity contribution >= 4 is 11.7 Å². The molecule has 0 spiro atoms. The second-order valence-electron chi connectivity index (χ2n) is 7.34. The van der Waals surface area contributed by atoms with E-state index in [4.69, 9.17) is 9.47 Å². The molecule has 6 nitrogen and oxygen atoms in total. The number of rotatable bonds is 9. The van der Waals surface area contributed by atoms with Gasteiger partial charge in [-0.25, -0.2) is 4.39 Å². The Hall–Kier alpha value is -4.13. The van der Waals surface area contributed by atoms with Gasteiger partial charge in [0, 0.05) is 23.4 Å². The minimum Gasteiger partial charge on any atom is -0.494 e. The van der Waals surface area contributed by atoms with Crippen molar-refractivity contribution in [2.45, 2.75) is 20.1 Å². The average Bonchev–Trinajstić information content (AvgIpc) is 3.27. The molecule has 4 aromatic rings. The van der Waals surface area contributed by atoms with E-state index >= 15 is 0 Å². The Morgan fingerprint density at radius 1 is 0.970 bits per heavy atom. The SMILES string of the molecule is CCOc1ccc(OCc2cccc(C(=O)Nc3ccn(Cc4ccccc4F)n3)c2)cc1. The third-order valence-corrected chi connectivity index (χ3v) is 4.90. The van der Waals surface area contributed by atoms with Gasteiger partial charge in [0.1, 0.15) is 23.9 Å². The number of carbonyl (C=O) groups excluding carboxylic acids is 1. The fourth-order valence-corrected chi connectivity index (χ4v) is 3.27. The maximum Gasteiger partial charge on any atom is 0.256 e. The quantitative estimate of drug-likeness (QED) is 0.380. The predicted octanol–water partition coefficient (Wildman–Crippen LogP) is 5.30. The van der Waals surface area contributed by atoms with Crippen LogP contribution in [0, 0.1) is 5.82 Å². The van der Waals surface area contributed by atoms with E-state index in [9.17, 15) is 9.18 Å². The number of nitrogens with one attached hydrogen (secondary N) is 1. The third kappa shape index (κ3) is 5.98. The van der Waals surface area contributed by atoms with E-state index in [1.54, 1.807) is 47.3 Å². The molecule has 1 amide bonds. The van der Waals surface area contributed by atoms with Crippen LogP contribution >= 0.6 is 0 Å². The molecular weight excluding hydrogens is 421 g/mol. The van der Waals surface area contributed by atoms with Gasteiger partial charge in [-0.15, -0.1) is 0 Å². The molecule has 0 atom stereocenters. The Labute approximate surface area is 191 Å². The minimum absolute atomic E-state index is 0.279. The van der Waals surface area contributed by atoms with E-state index in [0.717, 1.165) is 11.3 Å². The molecule has 1 aromatic heterocycles. The van der Waals surface area contributed by atoms with E-state index in [0.29, 0.717) is 35.9 Å². The van der Waals surface area contributed by atoms with Crippen molar-refractivity contribution in [1.29, 1.82) is 0 Å². The molecule has 0 fully saturated rings. The van der Waals surface area contributed by atoms with Crippen LogP contribution < -0.4 is 14.8 Å². The largest absolute Gasteiger partial charge is 0.494 e. The fourth-order valence-electron chi connectivity index (χ4n) is 3.27. The molecule has 0 aliphatic heterocycles. The van der Waals surface area contributed by atoms with Crippen molar-refractivity contribution < 1.29 is 18.7 Å². The van der Waals surface area contributed by atoms with E-state index in [1.807, 2.05) is 43.3 Å². The summed E-state index contributed by atoms with van der Waals surface area (Å²) in [5.74, 6) is 1.33. The molecule has 1 N–H and O–H groups in total. The van der Waals surface area contributed by atoms with Gasteiger partial charge in [0.2, 0.25) is 0 Å². The first kappa shape index (κ1) is 22.1. The van der Waals surface area contributed by atoms with Crippen LogP contribution in [0.25, 0.3) is 0 Å². The number of benzene rings is 3. The third-order valence-electron chi connectivity index (χ3n) is 4.90. The van der Waals surface area contributed by atoms with Gasteiger partial charge in [-0.3, -0.25) is 9.48 Å². The van der Waals surface area contributed by atoms with Gasteiger partial charge < -0.3 is 14.8 Å². The van der Waals surface area contributed by atoms with Crippen molar-refractivity contribution in [2.75, 3.05) is 11.9 Å². The first-order valence-corrected chi connectivity index (χ1v) is 10.6. The minimum atomic E-state index is -0.289. The van der Waals surface area contributed by atoms with Crippen molar-refractivity contribution in [1.82, 2.24) is 9.78 Å². The standard InChI is InChI=1S/C26H24FN3O3/c1-2-32-22-10-12-23(13-11-22)33-18-19-6-5-8-20(16-19)26(31)28-25-14-15-30(29-25)17-21-7-3-4-9-24(21)27/h3-16H,2,17-18H2,1H3,(H,28,29,31). The second kappa shape index (κ2) is 10.5. The highest BCUT2D eigenvalue weighted by atomic mass is 19.1. The summed E-state index contributed by atoms with van der Waals surface area (Å²) in [5, 5.41) is 7.09. The summed E-state index contributed by atoms with van der Waals surface area (Å²) in [6.45, 7) is 3.15. The van der Waals surface area contributed by atoms with Gasteiger partial charge in [-0.05, 0) is 55.0 Å². The van der Waals surface area contributed by atoms with Gasteiger partial charge >= 0.3 is 0 Å². The molecule has 3 aromatic carbocycles. The highest BCUT2D eigenvalue weighted by Gasteiger charge is 2.10. The normalized spacial score (nSPS) is 10.6. The van der Waals surface area contributed by atoms with Crippen molar-refractivity contribution in [2.24, 2.45) is 0 Å². The van der Waals surface area contributed by atoms with Crippen molar-refractivity contribution in [3.8, 4) is 11.5 Å². The van der Waals surface area contributed by atoms with Crippen LogP contribution in [-0.4, -0.2) is 22.3 Å². The Kier molecular flexibility index (Phi) is 6.99. The molecule has 1 heterocycles. The highest BCUT2D eigenvalue weighted by molar-refractivity contribution is 6.03. The van der Waals surface area contributed by atoms with Gasteiger partial charge in [0.05, 0.1) is 13.2 Å². The predicted molar refractivity (Wildman–Crippen MR) is 124 cm³/mol. The molecule has 7 heteroatoms. The number of carbonyl (C=O) groups is 1. The summed E-state index contributed by atoms with van der Waals surface area (Å²) < 4.78 is 26.7. The van der Waals surface area contributed by atoms with Crippen LogP contribution in [0.4, 0.5) is 10.2 Å². The summed E-state index contributed by atoms with van der Waals surface area (Å²) in [6, 6.07) is 22.8. The first-order valence-electron chi connectivity index (χ1n) is 10.6. The number of anilines is 1. The van der Waals surface area contributed by atoms with Gasteiger partial charge in [-0.1, -0.05) is 30.3 Å². The van der Waals surface area contributed by atoms with E-state index in [2.05, 4.69) is 10.4 Å². The zero-order valence-electron chi connectivity index (χ0n) is 18.2. The number of aromatic nitrogens is 2. The lowest BCUT2D eigenvalue weighted by Crippen LogP contribution is -2.13. The lowest BCUT2D eigenvalue weighted by atomic mass is 10.1. The molecule has 33 heavy (non-hydrogen) atoms. The lowest BCUT2D eigenvalue weighted by molar-refractivity contribution is 0.102. The zero-order valence-corrected chi connectivity index (χ0v) is 18.2. The van der Waals surface area contributed by atoms with E-state index < -0.39 is 0 Å². The Morgan fingerprint density at radius 2 is 1.73 bits per heavy atom. The summed E-state index contributed by atoms with van der Waals surface area (Å²) in [4.78, 5) is 12.7. The summed E-state index contributed by atoms with van der Waals surface area (Å²) in [7, 11) is 0. The lowest BCUT2D eigenvalue weighted by Gasteiger charge is -2.09. The smallest absolute Gasteiger partial charge is 0.256 e. The maximum absolute atomic E-state index is 13.8. The number of amides is 1. The Morgan fingerprint density at radius 3 is 2.48 bits per heavy atom. The molecule has 0 unspecified atom stereocenters. The maximum atomic E-state index is 13.8. The summed E-state index contributed by atoms with van der Waals surface area (Å²) in [5.41, 5.74) is 1.88. The molecule has 0 aliphatic rings. The van der Waals surface area contributed by atoms with Crippen molar-refractivity contribution in [3.05, 3.63) is 108 Å². The first-order chi connectivity index (χ1) is 16.1. The highest BCUT2D eigenvalue weighted by Crippen LogP contribution is 2.19. The number of halogens is 1. The summed E-state index contributed by atoms with van der Waals surface area (Å²) in [6.07, 6.45) is 1.70. The molecular formula is C26H24FN3O3. The second-order valence-corrected chi connectivity index (χ2v) is 7.34. The molecule has 0 saturated heterocycles. The Balaban J connectivity index is 1.35. The van der Waals surface area contributed by atoms with Gasteiger partial charge in [0.25, 0.3) is 5.91 Å². The van der Waals surface area contributed by atoms with Crippen LogP contribution in [0.15, 0.2) is 85.1 Å². The van der Waals surface area contributed by atoms with Crippen LogP contribution in [-0.2, 0) is 13.2 Å². The van der Waals surface area contributed by atoms with Gasteiger partial charge in [0.15, 0.2) is 5.82 Å². The van der Waals surface area contributed by atoms with Crippen LogP contribution in [0.1, 0.15) is 28.4 Å². The average molecular weight is 445 g/mol. The van der Waals surface area contributed by atoms with E-state index in [-0.39, 0.29) is 18.3 Å². The summed E-state index contributed by atoms with van der Waals surface area (Å²) >= 11 is 0. The monoisotopic (exact) mass is 445 g/mol. The van der Waals surface area contributed by atoms with Crippen LogP contribution in [0.3, 0.4) is 0 Å². The van der Waals surface area contributed by atoms with E-state index in [1.165, 1.54) is 6.07 Å². The molecule has 0 radical (unpaired) electrons. The van der Waals surface area contributed by atoms with Crippen LogP contribution in [0.5, 0.6) is 11.5 Å². The Bertz CT molecular complexity index is 1220. The molecule has 168 valence electrons. The van der Waals surface area contributed by atoms with Crippen LogP contribution in [0.2, 0.25) is 0 Å². The number of hydrogen-bond acceptors (Lipinski definition) is 4. The molecule has 0 aliphatic carbocycles. The molecule has 4 rings (SSSR count). The number of hydrogen-bond donors (Lipinski definition) is 1. The van der Waals surface area contributed by atoms with Crippen molar-refractivity contribution in [3.63, 3.8) is 0 Å². The number of ether oxygens (including phenoxy) is 2. The number of nitrogens with zero attached hydrogens (tertiary/aromatic N) is 2. The fraction of sp³-hybridized carbons (Fsp3) is 0.154. The zero-order chi connectivity index (χ0) is 23.0. The molecule has 0 saturated carbocycles. The molecule has 0 bridgehead atoms. The topological polar surface area (TPSA) is 65.4 Å². The van der Waals surface area contributed by atoms with Gasteiger partial charge in [-0.2, -0.15) is 5.10 Å².